The van der Waals surface area contributed by atoms with Crippen LogP contribution in [0.5, 0.6) is 0 Å². The van der Waals surface area contributed by atoms with Crippen LogP contribution in [0.25, 0.3) is 10.9 Å². The summed E-state index contributed by atoms with van der Waals surface area (Å²) in [6, 6.07) is 4.04. The molecule has 0 unspecified atom stereocenters. The number of H-pyrrole nitrogens is 1. The first kappa shape index (κ1) is 15.8. The third-order valence-corrected chi connectivity index (χ3v) is 4.75. The van der Waals surface area contributed by atoms with E-state index in [4.69, 9.17) is 16.7 Å². The Kier molecular flexibility index (Phi) is 4.02. The first-order valence-corrected chi connectivity index (χ1v) is 7.79. The van der Waals surface area contributed by atoms with Crippen molar-refractivity contribution in [2.24, 2.45) is 0 Å². The van der Waals surface area contributed by atoms with Gasteiger partial charge in [-0.05, 0) is 31.0 Å². The minimum Gasteiger partial charge on any atom is -0.481 e. The molecule has 7 heteroatoms. The molecule has 0 bridgehead atoms. The number of halogens is 2. The third-order valence-electron chi connectivity index (χ3n) is 4.35. The molecule has 1 saturated carbocycles. The smallest absolute Gasteiger partial charge is 0.305 e. The first-order chi connectivity index (χ1) is 10.9. The second kappa shape index (κ2) is 5.85. The van der Waals surface area contributed by atoms with Crippen molar-refractivity contribution in [2.75, 3.05) is 0 Å². The molecule has 5 nitrogen and oxygen atoms in total. The molecule has 1 aliphatic carbocycles. The van der Waals surface area contributed by atoms with Gasteiger partial charge in [-0.3, -0.25) is 9.59 Å². The summed E-state index contributed by atoms with van der Waals surface area (Å²) in [5.74, 6) is -1.85. The highest BCUT2D eigenvalue weighted by Crippen LogP contribution is 2.34. The molecule has 0 spiro atoms. The number of aromatic amines is 1. The van der Waals surface area contributed by atoms with E-state index in [0.29, 0.717) is 23.7 Å². The van der Waals surface area contributed by atoms with E-state index in [1.165, 1.54) is 18.2 Å². The number of amides is 1. The summed E-state index contributed by atoms with van der Waals surface area (Å²) in [7, 11) is 0. The van der Waals surface area contributed by atoms with Gasteiger partial charge in [0.1, 0.15) is 11.5 Å². The van der Waals surface area contributed by atoms with Crippen LogP contribution in [-0.4, -0.2) is 27.5 Å². The first-order valence-electron chi connectivity index (χ1n) is 7.41. The molecule has 0 aliphatic heterocycles. The molecule has 23 heavy (non-hydrogen) atoms. The highest BCUT2D eigenvalue weighted by Gasteiger charge is 2.38. The van der Waals surface area contributed by atoms with Crippen molar-refractivity contribution in [1.29, 1.82) is 0 Å². The maximum absolute atomic E-state index is 13.3. The summed E-state index contributed by atoms with van der Waals surface area (Å²) >= 11 is 6.19. The number of carboxylic acid groups (broad SMARTS) is 1. The van der Waals surface area contributed by atoms with Crippen molar-refractivity contribution < 1.29 is 19.1 Å². The normalized spacial score (nSPS) is 16.6. The van der Waals surface area contributed by atoms with Gasteiger partial charge in [-0.15, -0.1) is 0 Å². The van der Waals surface area contributed by atoms with Gasteiger partial charge >= 0.3 is 5.97 Å². The van der Waals surface area contributed by atoms with E-state index >= 15 is 0 Å². The zero-order valence-electron chi connectivity index (χ0n) is 12.3. The van der Waals surface area contributed by atoms with E-state index in [1.54, 1.807) is 0 Å². The average Bonchev–Trinajstić information content (AvgIpc) is 3.04. The summed E-state index contributed by atoms with van der Waals surface area (Å²) in [4.78, 5) is 26.5. The van der Waals surface area contributed by atoms with Crippen LogP contribution < -0.4 is 5.32 Å². The maximum atomic E-state index is 13.3. The third kappa shape index (κ3) is 3.03. The molecule has 0 saturated heterocycles. The predicted molar refractivity (Wildman–Crippen MR) is 84.2 cm³/mol. The van der Waals surface area contributed by atoms with Crippen LogP contribution in [-0.2, 0) is 4.79 Å². The number of aliphatic carboxylic acids is 1. The molecule has 0 radical (unpaired) electrons. The van der Waals surface area contributed by atoms with E-state index in [-0.39, 0.29) is 17.1 Å². The number of hydrogen-bond acceptors (Lipinski definition) is 2. The SMILES string of the molecule is O=C(O)CC1(NC(=O)c2[nH]c3ccc(F)cc3c2Cl)CCCC1. The lowest BCUT2D eigenvalue weighted by Crippen LogP contribution is -2.48. The van der Waals surface area contributed by atoms with Crippen molar-refractivity contribution in [2.45, 2.75) is 37.6 Å². The molecule has 3 N–H and O–H groups in total. The van der Waals surface area contributed by atoms with E-state index in [9.17, 15) is 14.0 Å². The van der Waals surface area contributed by atoms with Gasteiger partial charge in [-0.1, -0.05) is 24.4 Å². The second-order valence-corrected chi connectivity index (χ2v) is 6.39. The van der Waals surface area contributed by atoms with E-state index in [0.717, 1.165) is 12.8 Å². The number of rotatable bonds is 4. The zero-order valence-corrected chi connectivity index (χ0v) is 13.0. The van der Waals surface area contributed by atoms with Gasteiger partial charge in [0, 0.05) is 10.9 Å². The summed E-state index contributed by atoms with van der Waals surface area (Å²) in [6.45, 7) is 0. The topological polar surface area (TPSA) is 82.2 Å². The Morgan fingerprint density at radius 2 is 2.04 bits per heavy atom. The molecular weight excluding hydrogens is 323 g/mol. The van der Waals surface area contributed by atoms with Crippen molar-refractivity contribution in [1.82, 2.24) is 10.3 Å². The van der Waals surface area contributed by atoms with Crippen LogP contribution in [0.2, 0.25) is 5.02 Å². The molecule has 1 amide bonds. The summed E-state index contributed by atoms with van der Waals surface area (Å²) in [6.07, 6.45) is 2.87. The largest absolute Gasteiger partial charge is 0.481 e. The minimum atomic E-state index is -0.947. The Morgan fingerprint density at radius 1 is 1.35 bits per heavy atom. The lowest BCUT2D eigenvalue weighted by Gasteiger charge is -2.28. The molecule has 2 aromatic rings. The van der Waals surface area contributed by atoms with E-state index < -0.39 is 23.2 Å². The fourth-order valence-electron chi connectivity index (χ4n) is 3.28. The van der Waals surface area contributed by atoms with Gasteiger partial charge < -0.3 is 15.4 Å². The molecule has 1 heterocycles. The van der Waals surface area contributed by atoms with Crippen LogP contribution >= 0.6 is 11.6 Å². The maximum Gasteiger partial charge on any atom is 0.305 e. The summed E-state index contributed by atoms with van der Waals surface area (Å²) in [5, 5.41) is 12.5. The van der Waals surface area contributed by atoms with Gasteiger partial charge in [-0.25, -0.2) is 4.39 Å². The Labute approximate surface area is 136 Å². The van der Waals surface area contributed by atoms with Crippen molar-refractivity contribution in [3.63, 3.8) is 0 Å². The van der Waals surface area contributed by atoms with Crippen LogP contribution in [0.3, 0.4) is 0 Å². The molecule has 1 aliphatic rings. The lowest BCUT2D eigenvalue weighted by atomic mass is 9.93. The zero-order chi connectivity index (χ0) is 16.6. The molecule has 3 rings (SSSR count). The van der Waals surface area contributed by atoms with Gasteiger partial charge in [0.2, 0.25) is 0 Å². The molecule has 1 aromatic carbocycles. The fourth-order valence-corrected chi connectivity index (χ4v) is 3.57. The molecular formula is C16H16ClFN2O3. The number of carboxylic acids is 1. The summed E-state index contributed by atoms with van der Waals surface area (Å²) in [5.41, 5.74) is -0.0568. The number of aromatic nitrogens is 1. The van der Waals surface area contributed by atoms with Gasteiger partial charge in [-0.2, -0.15) is 0 Å². The number of carbonyl (C=O) groups excluding carboxylic acids is 1. The molecule has 0 atom stereocenters. The molecule has 1 fully saturated rings. The Morgan fingerprint density at radius 3 is 2.70 bits per heavy atom. The van der Waals surface area contributed by atoms with Crippen LogP contribution in [0, 0.1) is 5.82 Å². The number of hydrogen-bond donors (Lipinski definition) is 3. The highest BCUT2D eigenvalue weighted by atomic mass is 35.5. The van der Waals surface area contributed by atoms with Crippen LogP contribution in [0.1, 0.15) is 42.6 Å². The highest BCUT2D eigenvalue weighted by molar-refractivity contribution is 6.38. The fraction of sp³-hybridized carbons (Fsp3) is 0.375. The van der Waals surface area contributed by atoms with Crippen molar-refractivity contribution in [3.05, 3.63) is 34.7 Å². The Balaban J connectivity index is 1.91. The Hall–Kier alpha value is -2.08. The lowest BCUT2D eigenvalue weighted by molar-refractivity contribution is -0.138. The van der Waals surface area contributed by atoms with Gasteiger partial charge in [0.25, 0.3) is 5.91 Å². The minimum absolute atomic E-state index is 0.120. The quantitative estimate of drug-likeness (QED) is 0.798. The average molecular weight is 339 g/mol. The number of benzene rings is 1. The number of carbonyl (C=O) groups is 2. The van der Waals surface area contributed by atoms with Gasteiger partial charge in [0.05, 0.1) is 17.0 Å². The van der Waals surface area contributed by atoms with Crippen LogP contribution in [0.15, 0.2) is 18.2 Å². The monoisotopic (exact) mass is 338 g/mol. The van der Waals surface area contributed by atoms with Crippen molar-refractivity contribution in [3.8, 4) is 0 Å². The second-order valence-electron chi connectivity index (χ2n) is 6.02. The van der Waals surface area contributed by atoms with E-state index in [1.807, 2.05) is 0 Å². The van der Waals surface area contributed by atoms with Crippen LogP contribution in [0.4, 0.5) is 4.39 Å². The predicted octanol–water partition coefficient (Wildman–Crippen LogP) is 3.48. The van der Waals surface area contributed by atoms with Crippen molar-refractivity contribution >= 4 is 34.4 Å². The summed E-state index contributed by atoms with van der Waals surface area (Å²) < 4.78 is 13.3. The molecule has 1 aromatic heterocycles. The number of fused-ring (bicyclic) bond motifs is 1. The standard InChI is InChI=1S/C16H16ClFN2O3/c17-13-10-7-9(18)3-4-11(10)19-14(13)15(23)20-16(8-12(21)22)5-1-2-6-16/h3-4,7,19H,1-2,5-6,8H2,(H,20,23)(H,21,22). The van der Waals surface area contributed by atoms with E-state index in [2.05, 4.69) is 10.3 Å². The van der Waals surface area contributed by atoms with Gasteiger partial charge in [0.15, 0.2) is 0 Å². The number of nitrogens with one attached hydrogen (secondary N) is 2. The Bertz CT molecular complexity index is 781. The molecule has 122 valence electrons.